The Morgan fingerprint density at radius 1 is 1.56 bits per heavy atom. The molecule has 7 nitrogen and oxygen atoms in total. The zero-order chi connectivity index (χ0) is 13.3. The van der Waals surface area contributed by atoms with Gasteiger partial charge in [0.15, 0.2) is 5.69 Å². The van der Waals surface area contributed by atoms with Crippen molar-refractivity contribution in [3.05, 3.63) is 16.1 Å². The monoisotopic (exact) mass is 275 g/mol. The van der Waals surface area contributed by atoms with Crippen molar-refractivity contribution in [2.75, 3.05) is 13.7 Å². The molecular formula is C10H13NO6S. The molecule has 0 amide bonds. The quantitative estimate of drug-likeness (QED) is 0.612. The molecule has 2 rings (SSSR count). The van der Waals surface area contributed by atoms with Gasteiger partial charge in [0.05, 0.1) is 13.7 Å². The summed E-state index contributed by atoms with van der Waals surface area (Å²) in [5.41, 5.74) is 0.121. The SMILES string of the molecule is COC(=O)c1csc([C@H]2O[C@@H](CO)[C@@H](O)[C@@H]2O)n1. The molecule has 8 heteroatoms. The van der Waals surface area contributed by atoms with E-state index in [1.807, 2.05) is 0 Å². The third kappa shape index (κ3) is 2.25. The van der Waals surface area contributed by atoms with Crippen molar-refractivity contribution in [2.45, 2.75) is 24.4 Å². The largest absolute Gasteiger partial charge is 0.464 e. The molecule has 1 fully saturated rings. The number of carbonyl (C=O) groups is 1. The highest BCUT2D eigenvalue weighted by Gasteiger charge is 2.44. The predicted octanol–water partition coefficient (Wildman–Crippen LogP) is -0.916. The van der Waals surface area contributed by atoms with Gasteiger partial charge in [-0.3, -0.25) is 0 Å². The van der Waals surface area contributed by atoms with Crippen molar-refractivity contribution < 1.29 is 29.6 Å². The maximum atomic E-state index is 11.2. The van der Waals surface area contributed by atoms with E-state index in [4.69, 9.17) is 9.84 Å². The van der Waals surface area contributed by atoms with Gasteiger partial charge in [-0.1, -0.05) is 0 Å². The minimum absolute atomic E-state index is 0.121. The maximum absolute atomic E-state index is 11.2. The highest BCUT2D eigenvalue weighted by Crippen LogP contribution is 2.34. The Labute approximate surface area is 107 Å². The molecule has 3 N–H and O–H groups in total. The summed E-state index contributed by atoms with van der Waals surface area (Å²) in [6.45, 7) is -0.399. The lowest BCUT2D eigenvalue weighted by molar-refractivity contribution is -0.0228. The van der Waals surface area contributed by atoms with Gasteiger partial charge in [0.2, 0.25) is 0 Å². The van der Waals surface area contributed by atoms with E-state index in [-0.39, 0.29) is 5.69 Å². The lowest BCUT2D eigenvalue weighted by Crippen LogP contribution is -2.32. The van der Waals surface area contributed by atoms with Crippen molar-refractivity contribution in [1.82, 2.24) is 4.98 Å². The average Bonchev–Trinajstić information content (AvgIpc) is 2.96. The van der Waals surface area contributed by atoms with Crippen LogP contribution in [0.2, 0.25) is 0 Å². The van der Waals surface area contributed by atoms with Crippen LogP contribution in [0.3, 0.4) is 0 Å². The van der Waals surface area contributed by atoms with Crippen LogP contribution in [-0.2, 0) is 9.47 Å². The van der Waals surface area contributed by atoms with Crippen LogP contribution in [0.5, 0.6) is 0 Å². The fourth-order valence-corrected chi connectivity index (χ4v) is 2.58. The van der Waals surface area contributed by atoms with Crippen LogP contribution in [0, 0.1) is 0 Å². The van der Waals surface area contributed by atoms with Crippen molar-refractivity contribution in [1.29, 1.82) is 0 Å². The van der Waals surface area contributed by atoms with E-state index in [1.54, 1.807) is 0 Å². The number of aliphatic hydroxyl groups is 3. The second kappa shape index (κ2) is 5.29. The van der Waals surface area contributed by atoms with Crippen molar-refractivity contribution in [2.24, 2.45) is 0 Å². The van der Waals surface area contributed by atoms with Gasteiger partial charge in [-0.15, -0.1) is 11.3 Å². The van der Waals surface area contributed by atoms with Gasteiger partial charge >= 0.3 is 5.97 Å². The Bertz CT molecular complexity index is 436. The molecule has 4 atom stereocenters. The van der Waals surface area contributed by atoms with Gasteiger partial charge in [-0.05, 0) is 0 Å². The second-order valence-corrected chi connectivity index (χ2v) is 4.71. The van der Waals surface area contributed by atoms with Gasteiger partial charge in [0, 0.05) is 5.38 Å². The first-order valence-corrected chi connectivity index (χ1v) is 6.12. The van der Waals surface area contributed by atoms with E-state index in [0.717, 1.165) is 11.3 Å². The van der Waals surface area contributed by atoms with E-state index in [9.17, 15) is 15.0 Å². The molecule has 1 aliphatic heterocycles. The highest BCUT2D eigenvalue weighted by atomic mass is 32.1. The highest BCUT2D eigenvalue weighted by molar-refractivity contribution is 7.09. The molecule has 1 saturated heterocycles. The number of methoxy groups -OCH3 is 1. The first kappa shape index (κ1) is 13.4. The number of aliphatic hydroxyl groups excluding tert-OH is 3. The summed E-state index contributed by atoms with van der Waals surface area (Å²) in [7, 11) is 1.24. The number of hydrogen-bond donors (Lipinski definition) is 3. The van der Waals surface area contributed by atoms with Crippen LogP contribution in [-0.4, -0.2) is 58.3 Å². The van der Waals surface area contributed by atoms with Crippen molar-refractivity contribution in [3.63, 3.8) is 0 Å². The molecular weight excluding hydrogens is 262 g/mol. The standard InChI is InChI=1S/C10H13NO6S/c1-16-10(15)4-3-18-9(11-4)8-7(14)6(13)5(2-12)17-8/h3,5-8,12-14H,2H2,1H3/t5-,6+,7-,8-/m0/s1. The molecule has 1 aliphatic rings. The fraction of sp³-hybridized carbons (Fsp3) is 0.600. The number of hydrogen-bond acceptors (Lipinski definition) is 8. The lowest BCUT2D eigenvalue weighted by atomic mass is 10.1. The molecule has 0 bridgehead atoms. The zero-order valence-electron chi connectivity index (χ0n) is 9.52. The molecule has 0 aromatic carbocycles. The molecule has 1 aromatic rings. The number of rotatable bonds is 3. The number of esters is 1. The summed E-state index contributed by atoms with van der Waals surface area (Å²) in [6, 6.07) is 0. The van der Waals surface area contributed by atoms with Crippen molar-refractivity contribution >= 4 is 17.3 Å². The summed E-state index contributed by atoms with van der Waals surface area (Å²) in [5.74, 6) is -0.579. The Morgan fingerprint density at radius 2 is 2.28 bits per heavy atom. The Morgan fingerprint density at radius 3 is 2.83 bits per heavy atom. The summed E-state index contributed by atoms with van der Waals surface area (Å²) in [5, 5.41) is 30.2. The first-order chi connectivity index (χ1) is 8.58. The van der Waals surface area contributed by atoms with Gasteiger partial charge in [-0.25, -0.2) is 9.78 Å². The molecule has 18 heavy (non-hydrogen) atoms. The van der Waals surface area contributed by atoms with Crippen LogP contribution in [0.15, 0.2) is 5.38 Å². The predicted molar refractivity (Wildman–Crippen MR) is 60.2 cm³/mol. The summed E-state index contributed by atoms with van der Waals surface area (Å²) < 4.78 is 9.81. The molecule has 0 aliphatic carbocycles. The van der Waals surface area contributed by atoms with E-state index >= 15 is 0 Å². The average molecular weight is 275 g/mol. The Kier molecular flexibility index (Phi) is 3.93. The van der Waals surface area contributed by atoms with Crippen LogP contribution < -0.4 is 0 Å². The third-order valence-electron chi connectivity index (χ3n) is 2.70. The number of aromatic nitrogens is 1. The molecule has 0 unspecified atom stereocenters. The van der Waals surface area contributed by atoms with E-state index in [0.29, 0.717) is 5.01 Å². The van der Waals surface area contributed by atoms with Crippen LogP contribution in [0.25, 0.3) is 0 Å². The minimum Gasteiger partial charge on any atom is -0.464 e. The number of nitrogens with zero attached hydrogens (tertiary/aromatic N) is 1. The fourth-order valence-electron chi connectivity index (χ4n) is 1.72. The topological polar surface area (TPSA) is 109 Å². The molecule has 100 valence electrons. The summed E-state index contributed by atoms with van der Waals surface area (Å²) >= 11 is 1.12. The Hall–Kier alpha value is -1.06. The molecule has 2 heterocycles. The Balaban J connectivity index is 2.17. The smallest absolute Gasteiger partial charge is 0.357 e. The number of thiazole rings is 1. The second-order valence-electron chi connectivity index (χ2n) is 3.82. The van der Waals surface area contributed by atoms with Gasteiger partial charge < -0.3 is 24.8 Å². The van der Waals surface area contributed by atoms with Gasteiger partial charge in [-0.2, -0.15) is 0 Å². The van der Waals surface area contributed by atoms with Crippen LogP contribution in [0.4, 0.5) is 0 Å². The first-order valence-electron chi connectivity index (χ1n) is 5.24. The summed E-state index contributed by atoms with van der Waals surface area (Å²) in [6.07, 6.45) is -4.06. The summed E-state index contributed by atoms with van der Waals surface area (Å²) in [4.78, 5) is 15.2. The number of ether oxygens (including phenoxy) is 2. The van der Waals surface area contributed by atoms with Crippen LogP contribution in [0.1, 0.15) is 21.6 Å². The molecule has 0 spiro atoms. The third-order valence-corrected chi connectivity index (χ3v) is 3.61. The van der Waals surface area contributed by atoms with E-state index < -0.39 is 37.0 Å². The molecule has 1 aromatic heterocycles. The minimum atomic E-state index is -1.18. The number of carbonyl (C=O) groups excluding carboxylic acids is 1. The van der Waals surface area contributed by atoms with Gasteiger partial charge in [0.25, 0.3) is 0 Å². The van der Waals surface area contributed by atoms with Gasteiger partial charge in [0.1, 0.15) is 29.4 Å². The normalized spacial score (nSPS) is 31.6. The maximum Gasteiger partial charge on any atom is 0.357 e. The van der Waals surface area contributed by atoms with E-state index in [2.05, 4.69) is 9.72 Å². The van der Waals surface area contributed by atoms with E-state index in [1.165, 1.54) is 12.5 Å². The molecule has 0 radical (unpaired) electrons. The zero-order valence-corrected chi connectivity index (χ0v) is 10.3. The molecule has 0 saturated carbocycles. The van der Waals surface area contributed by atoms with Crippen LogP contribution >= 0.6 is 11.3 Å². The van der Waals surface area contributed by atoms with Crippen molar-refractivity contribution in [3.8, 4) is 0 Å². The lowest BCUT2D eigenvalue weighted by Gasteiger charge is -2.11.